The lowest BCUT2D eigenvalue weighted by Gasteiger charge is -2.18. The van der Waals surface area contributed by atoms with E-state index >= 15 is 0 Å². The molecule has 428 valence electrons. The van der Waals surface area contributed by atoms with Crippen LogP contribution in [0.1, 0.15) is 323 Å². The minimum atomic E-state index is -0.785. The van der Waals surface area contributed by atoms with Gasteiger partial charge in [-0.1, -0.05) is 286 Å². The van der Waals surface area contributed by atoms with Crippen molar-refractivity contribution in [1.82, 2.24) is 0 Å². The zero-order chi connectivity index (χ0) is 53.6. The molecule has 0 bridgehead atoms. The Balaban J connectivity index is 4.39. The van der Waals surface area contributed by atoms with Crippen LogP contribution < -0.4 is 0 Å². The maximum absolute atomic E-state index is 12.9. The largest absolute Gasteiger partial charge is 0.462 e. The van der Waals surface area contributed by atoms with Crippen molar-refractivity contribution in [2.45, 2.75) is 329 Å². The van der Waals surface area contributed by atoms with Gasteiger partial charge in [0.2, 0.25) is 0 Å². The first-order valence-corrected chi connectivity index (χ1v) is 31.9. The van der Waals surface area contributed by atoms with E-state index in [0.717, 1.165) is 103 Å². The molecule has 0 amide bonds. The van der Waals surface area contributed by atoms with Crippen LogP contribution in [0.3, 0.4) is 0 Å². The van der Waals surface area contributed by atoms with Gasteiger partial charge in [-0.15, -0.1) is 0 Å². The van der Waals surface area contributed by atoms with Crippen molar-refractivity contribution < 1.29 is 28.6 Å². The highest BCUT2D eigenvalue weighted by atomic mass is 16.6. The number of unbranched alkanes of at least 4 members (excludes halogenated alkanes) is 35. The van der Waals surface area contributed by atoms with E-state index in [1.807, 2.05) is 0 Å². The lowest BCUT2D eigenvalue weighted by molar-refractivity contribution is -0.167. The number of ether oxygens (including phenoxy) is 3. The molecule has 6 nitrogen and oxygen atoms in total. The first-order chi connectivity index (χ1) is 36.5. The summed E-state index contributed by atoms with van der Waals surface area (Å²) in [5, 5.41) is 0. The SMILES string of the molecule is CC/C=C\C/C=C\C/C=C\CCCCCCCCCC(=O)OCC(COC(=O)CCCCCCCC/C=C\C/C=C\C/C=C\CCCCCCC)OC(=O)CCCCCCCCCCCCCCCCCCCC. The molecule has 0 aliphatic heterocycles. The highest BCUT2D eigenvalue weighted by Gasteiger charge is 2.19. The molecule has 0 radical (unpaired) electrons. The van der Waals surface area contributed by atoms with Crippen molar-refractivity contribution in [2.75, 3.05) is 13.2 Å². The third-order valence-electron chi connectivity index (χ3n) is 13.9. The summed E-state index contributed by atoms with van der Waals surface area (Å²) in [6, 6.07) is 0. The number of carbonyl (C=O) groups excluding carboxylic acids is 3. The van der Waals surface area contributed by atoms with Crippen LogP contribution in [-0.4, -0.2) is 37.2 Å². The number of carbonyl (C=O) groups is 3. The summed E-state index contributed by atoms with van der Waals surface area (Å²) in [5.41, 5.74) is 0. The summed E-state index contributed by atoms with van der Waals surface area (Å²) in [4.78, 5) is 38.3. The number of rotatable bonds is 58. The lowest BCUT2D eigenvalue weighted by atomic mass is 10.0. The summed E-state index contributed by atoms with van der Waals surface area (Å²) in [6.07, 6.45) is 80.4. The number of hydrogen-bond acceptors (Lipinski definition) is 6. The Morgan fingerprint density at radius 1 is 0.284 bits per heavy atom. The van der Waals surface area contributed by atoms with Crippen molar-refractivity contribution >= 4 is 17.9 Å². The topological polar surface area (TPSA) is 78.9 Å². The molecule has 0 heterocycles. The second kappa shape index (κ2) is 62.4. The van der Waals surface area contributed by atoms with Gasteiger partial charge in [0.25, 0.3) is 0 Å². The monoisotopic (exact) mass is 1030 g/mol. The molecule has 0 fully saturated rings. The average Bonchev–Trinajstić information content (AvgIpc) is 3.40. The molecule has 0 aromatic carbocycles. The number of hydrogen-bond donors (Lipinski definition) is 0. The lowest BCUT2D eigenvalue weighted by Crippen LogP contribution is -2.30. The van der Waals surface area contributed by atoms with E-state index < -0.39 is 6.10 Å². The Hall–Kier alpha value is -3.15. The molecule has 1 atom stereocenters. The van der Waals surface area contributed by atoms with Crippen molar-refractivity contribution in [1.29, 1.82) is 0 Å². The van der Waals surface area contributed by atoms with E-state index in [4.69, 9.17) is 14.2 Å². The minimum Gasteiger partial charge on any atom is -0.462 e. The van der Waals surface area contributed by atoms with Crippen LogP contribution in [0, 0.1) is 0 Å². The van der Waals surface area contributed by atoms with Gasteiger partial charge in [-0.3, -0.25) is 14.4 Å². The van der Waals surface area contributed by atoms with Crippen molar-refractivity contribution in [3.8, 4) is 0 Å². The fourth-order valence-electron chi connectivity index (χ4n) is 9.17. The second-order valence-electron chi connectivity index (χ2n) is 21.3. The van der Waals surface area contributed by atoms with Crippen LogP contribution in [-0.2, 0) is 28.6 Å². The molecule has 6 heteroatoms. The predicted octanol–water partition coefficient (Wildman–Crippen LogP) is 21.7. The molecule has 0 rings (SSSR count). The summed E-state index contributed by atoms with van der Waals surface area (Å²) in [7, 11) is 0. The first-order valence-electron chi connectivity index (χ1n) is 31.9. The molecule has 0 saturated carbocycles. The van der Waals surface area contributed by atoms with Gasteiger partial charge in [0.1, 0.15) is 13.2 Å². The highest BCUT2D eigenvalue weighted by Crippen LogP contribution is 2.17. The van der Waals surface area contributed by atoms with Crippen molar-refractivity contribution in [2.24, 2.45) is 0 Å². The standard InChI is InChI=1S/C68H120O6/c1-4-7-10-13-16-19-22-25-28-31-33-34-35-38-40-43-46-49-52-55-58-61-67(70)73-64-65(63-72-66(69)60-57-54-51-48-45-42-39-36-30-27-24-21-18-15-12-9-6-3)74-68(71)62-59-56-53-50-47-44-41-37-32-29-26-23-20-17-14-11-8-5-2/h9,12,18,21-22,25,27,30-31,33,35,38,65H,4-8,10-11,13-17,19-20,23-24,26,28-29,32,34,36-37,39-64H2,1-3H3/b12-9-,21-18-,25-22-,30-27-,33-31-,38-35-. The van der Waals surface area contributed by atoms with Crippen LogP contribution in [0.2, 0.25) is 0 Å². The van der Waals surface area contributed by atoms with Crippen LogP contribution in [0.4, 0.5) is 0 Å². The number of allylic oxidation sites excluding steroid dienone is 12. The van der Waals surface area contributed by atoms with Crippen LogP contribution in [0.15, 0.2) is 72.9 Å². The van der Waals surface area contributed by atoms with E-state index in [0.29, 0.717) is 19.3 Å². The molecular weight excluding hydrogens is 913 g/mol. The van der Waals surface area contributed by atoms with Gasteiger partial charge in [0.15, 0.2) is 6.10 Å². The maximum atomic E-state index is 12.9. The normalized spacial score (nSPS) is 12.5. The summed E-state index contributed by atoms with van der Waals surface area (Å²) in [5.74, 6) is -0.887. The summed E-state index contributed by atoms with van der Waals surface area (Å²) >= 11 is 0. The Kier molecular flexibility index (Phi) is 59.7. The van der Waals surface area contributed by atoms with Gasteiger partial charge in [-0.2, -0.15) is 0 Å². The van der Waals surface area contributed by atoms with E-state index in [1.54, 1.807) is 0 Å². The smallest absolute Gasteiger partial charge is 0.306 e. The Morgan fingerprint density at radius 2 is 0.527 bits per heavy atom. The fourth-order valence-corrected chi connectivity index (χ4v) is 9.17. The summed E-state index contributed by atoms with van der Waals surface area (Å²) in [6.45, 7) is 6.54. The van der Waals surface area contributed by atoms with E-state index in [9.17, 15) is 14.4 Å². The molecule has 0 spiro atoms. The van der Waals surface area contributed by atoms with Crippen LogP contribution in [0.5, 0.6) is 0 Å². The minimum absolute atomic E-state index is 0.0825. The van der Waals surface area contributed by atoms with Gasteiger partial charge in [-0.25, -0.2) is 0 Å². The molecule has 0 saturated heterocycles. The molecule has 1 unspecified atom stereocenters. The fraction of sp³-hybridized carbons (Fsp3) is 0.779. The highest BCUT2D eigenvalue weighted by molar-refractivity contribution is 5.71. The second-order valence-corrected chi connectivity index (χ2v) is 21.3. The van der Waals surface area contributed by atoms with Crippen LogP contribution >= 0.6 is 0 Å². The van der Waals surface area contributed by atoms with E-state index in [1.165, 1.54) is 180 Å². The third kappa shape index (κ3) is 59.7. The summed E-state index contributed by atoms with van der Waals surface area (Å²) < 4.78 is 16.9. The molecule has 0 N–H and O–H groups in total. The molecule has 0 aliphatic carbocycles. The van der Waals surface area contributed by atoms with Gasteiger partial charge in [0.05, 0.1) is 0 Å². The van der Waals surface area contributed by atoms with Gasteiger partial charge >= 0.3 is 17.9 Å². The molecule has 74 heavy (non-hydrogen) atoms. The van der Waals surface area contributed by atoms with Gasteiger partial charge in [-0.05, 0) is 89.9 Å². The quantitative estimate of drug-likeness (QED) is 0.0261. The maximum Gasteiger partial charge on any atom is 0.306 e. The van der Waals surface area contributed by atoms with Gasteiger partial charge in [0, 0.05) is 19.3 Å². The molecule has 0 aliphatic rings. The molecule has 0 aromatic rings. The third-order valence-corrected chi connectivity index (χ3v) is 13.9. The zero-order valence-electron chi connectivity index (χ0n) is 49.1. The van der Waals surface area contributed by atoms with Gasteiger partial charge < -0.3 is 14.2 Å². The van der Waals surface area contributed by atoms with E-state index in [2.05, 4.69) is 93.7 Å². The Morgan fingerprint density at radius 3 is 0.824 bits per heavy atom. The predicted molar refractivity (Wildman–Crippen MR) is 321 cm³/mol. The molecule has 0 aromatic heterocycles. The Bertz CT molecular complexity index is 1370. The molecular formula is C68H120O6. The zero-order valence-corrected chi connectivity index (χ0v) is 49.1. The average molecular weight is 1030 g/mol. The van der Waals surface area contributed by atoms with E-state index in [-0.39, 0.29) is 31.1 Å². The first kappa shape index (κ1) is 70.8. The van der Waals surface area contributed by atoms with Crippen molar-refractivity contribution in [3.63, 3.8) is 0 Å². The Labute approximate surface area is 459 Å². The van der Waals surface area contributed by atoms with Crippen molar-refractivity contribution in [3.05, 3.63) is 72.9 Å². The van der Waals surface area contributed by atoms with Crippen LogP contribution in [0.25, 0.3) is 0 Å². The number of esters is 3.